The topological polar surface area (TPSA) is 70.5 Å². The molecular formula is C12H15ClN2O3. The van der Waals surface area contributed by atoms with Crippen LogP contribution in [-0.4, -0.2) is 39.5 Å². The van der Waals surface area contributed by atoms with Crippen molar-refractivity contribution in [3.8, 4) is 0 Å². The maximum Gasteiger partial charge on any atom is 0.305 e. The van der Waals surface area contributed by atoms with Crippen LogP contribution in [0.5, 0.6) is 0 Å². The van der Waals surface area contributed by atoms with Crippen molar-refractivity contribution in [1.29, 1.82) is 0 Å². The van der Waals surface area contributed by atoms with Gasteiger partial charge in [0.1, 0.15) is 0 Å². The summed E-state index contributed by atoms with van der Waals surface area (Å²) in [6.45, 7) is 3.90. The fourth-order valence-corrected chi connectivity index (χ4v) is 1.89. The summed E-state index contributed by atoms with van der Waals surface area (Å²) in [5, 5.41) is 9.07. The molecule has 0 bridgehead atoms. The van der Waals surface area contributed by atoms with Crippen LogP contribution in [0, 0.1) is 0 Å². The minimum Gasteiger partial charge on any atom is -0.481 e. The van der Waals surface area contributed by atoms with Gasteiger partial charge in [-0.1, -0.05) is 11.6 Å². The highest BCUT2D eigenvalue weighted by atomic mass is 35.5. The van der Waals surface area contributed by atoms with Crippen molar-refractivity contribution in [3.63, 3.8) is 0 Å². The Labute approximate surface area is 110 Å². The summed E-state index contributed by atoms with van der Waals surface area (Å²) in [5.74, 6) is -1.24. The molecule has 6 heteroatoms. The fraction of sp³-hybridized carbons (Fsp3) is 0.417. The average molecular weight is 271 g/mol. The van der Waals surface area contributed by atoms with Crippen LogP contribution in [0.15, 0.2) is 18.5 Å². The number of halogens is 1. The predicted octanol–water partition coefficient (Wildman–Crippen LogP) is 2.06. The van der Waals surface area contributed by atoms with Crippen molar-refractivity contribution in [2.24, 2.45) is 0 Å². The number of carbonyl (C=O) groups is 2. The summed E-state index contributed by atoms with van der Waals surface area (Å²) in [5.41, 5.74) is 0.290. The smallest absolute Gasteiger partial charge is 0.305 e. The van der Waals surface area contributed by atoms with Crippen molar-refractivity contribution < 1.29 is 14.7 Å². The number of rotatable bonds is 5. The molecule has 1 aromatic heterocycles. The first-order chi connectivity index (χ1) is 8.47. The van der Waals surface area contributed by atoms with Gasteiger partial charge >= 0.3 is 5.97 Å². The van der Waals surface area contributed by atoms with E-state index in [4.69, 9.17) is 16.7 Å². The largest absolute Gasteiger partial charge is 0.481 e. The Balaban J connectivity index is 2.92. The molecule has 0 spiro atoms. The molecule has 1 atom stereocenters. The monoisotopic (exact) mass is 270 g/mol. The predicted molar refractivity (Wildman–Crippen MR) is 67.7 cm³/mol. The Morgan fingerprint density at radius 1 is 1.56 bits per heavy atom. The molecule has 0 saturated heterocycles. The quantitative estimate of drug-likeness (QED) is 0.889. The molecule has 1 aromatic rings. The Bertz CT molecular complexity index is 451. The number of nitrogens with zero attached hydrogens (tertiary/aromatic N) is 2. The molecule has 0 radical (unpaired) electrons. The number of hydrogen-bond acceptors (Lipinski definition) is 3. The molecule has 1 amide bonds. The van der Waals surface area contributed by atoms with Gasteiger partial charge in [0.2, 0.25) is 0 Å². The number of pyridine rings is 1. The second-order valence-corrected chi connectivity index (χ2v) is 4.30. The Morgan fingerprint density at radius 3 is 2.72 bits per heavy atom. The van der Waals surface area contributed by atoms with Crippen LogP contribution >= 0.6 is 11.6 Å². The third-order valence-electron chi connectivity index (χ3n) is 2.60. The molecule has 0 saturated carbocycles. The number of aromatic nitrogens is 1. The Hall–Kier alpha value is -1.62. The lowest BCUT2D eigenvalue weighted by molar-refractivity contribution is -0.138. The SMILES string of the molecule is CCN(C(=O)c1cnccc1Cl)C(C)CC(=O)O. The highest BCUT2D eigenvalue weighted by Gasteiger charge is 2.23. The molecule has 98 valence electrons. The number of carboxylic acid groups (broad SMARTS) is 1. The lowest BCUT2D eigenvalue weighted by atomic mass is 10.1. The molecule has 0 aliphatic heterocycles. The van der Waals surface area contributed by atoms with Gasteiger partial charge in [-0.15, -0.1) is 0 Å². The summed E-state index contributed by atoms with van der Waals surface area (Å²) < 4.78 is 0. The molecule has 1 N–H and O–H groups in total. The van der Waals surface area contributed by atoms with Gasteiger partial charge in [-0.05, 0) is 19.9 Å². The zero-order chi connectivity index (χ0) is 13.7. The van der Waals surface area contributed by atoms with Crippen LogP contribution in [0.3, 0.4) is 0 Å². The summed E-state index contributed by atoms with van der Waals surface area (Å²) >= 11 is 5.93. The minimum absolute atomic E-state index is 0.0997. The van der Waals surface area contributed by atoms with Gasteiger partial charge in [0.05, 0.1) is 17.0 Å². The van der Waals surface area contributed by atoms with E-state index in [0.717, 1.165) is 0 Å². The van der Waals surface area contributed by atoms with Crippen LogP contribution < -0.4 is 0 Å². The lowest BCUT2D eigenvalue weighted by Crippen LogP contribution is -2.39. The molecule has 0 aromatic carbocycles. The van der Waals surface area contributed by atoms with Crippen LogP contribution in [0.4, 0.5) is 0 Å². The summed E-state index contributed by atoms with van der Waals surface area (Å²) in [6.07, 6.45) is 2.79. The van der Waals surface area contributed by atoms with Gasteiger partial charge in [0, 0.05) is 25.0 Å². The third kappa shape index (κ3) is 3.43. The first-order valence-electron chi connectivity index (χ1n) is 5.59. The van der Waals surface area contributed by atoms with Gasteiger partial charge in [0.15, 0.2) is 0 Å². The molecule has 0 fully saturated rings. The van der Waals surface area contributed by atoms with Crippen molar-refractivity contribution >= 4 is 23.5 Å². The first-order valence-corrected chi connectivity index (χ1v) is 5.97. The molecule has 1 heterocycles. The van der Waals surface area contributed by atoms with Crippen LogP contribution in [-0.2, 0) is 4.79 Å². The van der Waals surface area contributed by atoms with Crippen molar-refractivity contribution in [3.05, 3.63) is 29.0 Å². The van der Waals surface area contributed by atoms with E-state index >= 15 is 0 Å². The van der Waals surface area contributed by atoms with E-state index in [0.29, 0.717) is 17.1 Å². The van der Waals surface area contributed by atoms with E-state index in [-0.39, 0.29) is 12.3 Å². The lowest BCUT2D eigenvalue weighted by Gasteiger charge is -2.27. The van der Waals surface area contributed by atoms with E-state index in [1.807, 2.05) is 0 Å². The molecule has 0 aliphatic carbocycles. The van der Waals surface area contributed by atoms with Crippen molar-refractivity contribution in [2.45, 2.75) is 26.3 Å². The molecule has 1 unspecified atom stereocenters. The zero-order valence-electron chi connectivity index (χ0n) is 10.3. The van der Waals surface area contributed by atoms with Gasteiger partial charge in [-0.25, -0.2) is 0 Å². The maximum atomic E-state index is 12.2. The van der Waals surface area contributed by atoms with Crippen LogP contribution in [0.25, 0.3) is 0 Å². The number of hydrogen-bond donors (Lipinski definition) is 1. The number of amides is 1. The highest BCUT2D eigenvalue weighted by molar-refractivity contribution is 6.33. The van der Waals surface area contributed by atoms with Crippen LogP contribution in [0.2, 0.25) is 5.02 Å². The van der Waals surface area contributed by atoms with E-state index in [9.17, 15) is 9.59 Å². The second-order valence-electron chi connectivity index (χ2n) is 3.89. The summed E-state index contributed by atoms with van der Waals surface area (Å²) in [7, 11) is 0. The molecule has 5 nitrogen and oxygen atoms in total. The van der Waals surface area contributed by atoms with E-state index < -0.39 is 12.0 Å². The van der Waals surface area contributed by atoms with Gasteiger partial charge in [0.25, 0.3) is 5.91 Å². The Morgan fingerprint density at radius 2 is 2.22 bits per heavy atom. The molecule has 18 heavy (non-hydrogen) atoms. The number of aliphatic carboxylic acids is 1. The summed E-state index contributed by atoms with van der Waals surface area (Å²) in [4.78, 5) is 28.2. The van der Waals surface area contributed by atoms with Gasteiger partial charge < -0.3 is 10.0 Å². The van der Waals surface area contributed by atoms with Crippen molar-refractivity contribution in [2.75, 3.05) is 6.54 Å². The van der Waals surface area contributed by atoms with E-state index in [1.54, 1.807) is 13.8 Å². The highest BCUT2D eigenvalue weighted by Crippen LogP contribution is 2.17. The van der Waals surface area contributed by atoms with Crippen molar-refractivity contribution in [1.82, 2.24) is 9.88 Å². The average Bonchev–Trinajstić information content (AvgIpc) is 2.29. The second kappa shape index (κ2) is 6.35. The first kappa shape index (κ1) is 14.4. The normalized spacial score (nSPS) is 11.9. The molecular weight excluding hydrogens is 256 g/mol. The van der Waals surface area contributed by atoms with E-state index in [1.165, 1.54) is 23.4 Å². The van der Waals surface area contributed by atoms with Gasteiger partial charge in [-0.3, -0.25) is 14.6 Å². The summed E-state index contributed by atoms with van der Waals surface area (Å²) in [6, 6.07) is 1.14. The van der Waals surface area contributed by atoms with Gasteiger partial charge in [-0.2, -0.15) is 0 Å². The molecule has 0 aliphatic rings. The molecule has 1 rings (SSSR count). The zero-order valence-corrected chi connectivity index (χ0v) is 11.0. The number of carbonyl (C=O) groups excluding carboxylic acids is 1. The standard InChI is InChI=1S/C12H15ClN2O3/c1-3-15(8(2)6-11(16)17)12(18)9-7-14-5-4-10(9)13/h4-5,7-8H,3,6H2,1-2H3,(H,16,17). The number of carboxylic acids is 1. The van der Waals surface area contributed by atoms with Crippen LogP contribution in [0.1, 0.15) is 30.6 Å². The Kier molecular flexibility index (Phi) is 5.09. The van der Waals surface area contributed by atoms with E-state index in [2.05, 4.69) is 4.98 Å². The third-order valence-corrected chi connectivity index (χ3v) is 2.93. The fourth-order valence-electron chi connectivity index (χ4n) is 1.71. The maximum absolute atomic E-state index is 12.2. The minimum atomic E-state index is -0.939.